The summed E-state index contributed by atoms with van der Waals surface area (Å²) in [5.74, 6) is 0. The second kappa shape index (κ2) is 7.90. The van der Waals surface area contributed by atoms with Gasteiger partial charge in [-0.05, 0) is 55.7 Å². The summed E-state index contributed by atoms with van der Waals surface area (Å²) in [6, 6.07) is 13.5. The number of halogens is 3. The maximum absolute atomic E-state index is 12.6. The summed E-state index contributed by atoms with van der Waals surface area (Å²) in [6.45, 7) is 3.54. The van der Waals surface area contributed by atoms with Crippen molar-refractivity contribution in [3.8, 4) is 0 Å². The van der Waals surface area contributed by atoms with Crippen LogP contribution in [0.15, 0.2) is 48.5 Å². The molecule has 2 nitrogen and oxygen atoms in total. The molecule has 0 amide bonds. The SMILES string of the molecule is Cc1cccc(NCCCCNc2cccc(C(F)(F)F)c2)c1. The number of hydrogen-bond donors (Lipinski definition) is 2. The number of benzene rings is 2. The number of nitrogens with one attached hydrogen (secondary N) is 2. The van der Waals surface area contributed by atoms with Crippen LogP contribution in [0.25, 0.3) is 0 Å². The van der Waals surface area contributed by atoms with Crippen LogP contribution < -0.4 is 10.6 Å². The molecule has 2 aromatic rings. The Morgan fingerprint density at radius 2 is 1.39 bits per heavy atom. The van der Waals surface area contributed by atoms with Crippen LogP contribution in [-0.4, -0.2) is 13.1 Å². The lowest BCUT2D eigenvalue weighted by molar-refractivity contribution is -0.137. The molecule has 0 aliphatic carbocycles. The van der Waals surface area contributed by atoms with E-state index in [1.54, 1.807) is 6.07 Å². The minimum atomic E-state index is -4.30. The summed E-state index contributed by atoms with van der Waals surface area (Å²) in [7, 11) is 0. The summed E-state index contributed by atoms with van der Waals surface area (Å²) in [6.07, 6.45) is -2.47. The lowest BCUT2D eigenvalue weighted by Gasteiger charge is -2.11. The Hall–Kier alpha value is -2.17. The van der Waals surface area contributed by atoms with Crippen molar-refractivity contribution < 1.29 is 13.2 Å². The average Bonchev–Trinajstić information content (AvgIpc) is 2.50. The van der Waals surface area contributed by atoms with Gasteiger partial charge in [0.25, 0.3) is 0 Å². The number of aryl methyl sites for hydroxylation is 1. The quantitative estimate of drug-likeness (QED) is 0.674. The molecule has 124 valence electrons. The highest BCUT2D eigenvalue weighted by Gasteiger charge is 2.30. The molecule has 0 aliphatic rings. The highest BCUT2D eigenvalue weighted by atomic mass is 19.4. The van der Waals surface area contributed by atoms with Crippen LogP contribution in [0, 0.1) is 6.92 Å². The molecule has 0 saturated heterocycles. The molecular formula is C18H21F3N2. The maximum Gasteiger partial charge on any atom is 0.416 e. The minimum Gasteiger partial charge on any atom is -0.385 e. The van der Waals surface area contributed by atoms with Gasteiger partial charge < -0.3 is 10.6 Å². The molecule has 0 bridgehead atoms. The molecule has 0 unspecified atom stereocenters. The molecule has 2 rings (SSSR count). The Morgan fingerprint density at radius 3 is 1.96 bits per heavy atom. The van der Waals surface area contributed by atoms with Gasteiger partial charge in [0.15, 0.2) is 0 Å². The molecule has 0 aromatic heterocycles. The number of anilines is 2. The monoisotopic (exact) mass is 322 g/mol. The molecule has 23 heavy (non-hydrogen) atoms. The molecule has 0 atom stereocenters. The van der Waals surface area contributed by atoms with E-state index in [1.807, 2.05) is 25.1 Å². The summed E-state index contributed by atoms with van der Waals surface area (Å²) in [4.78, 5) is 0. The Labute approximate surface area is 134 Å². The third-order valence-electron chi connectivity index (χ3n) is 3.47. The summed E-state index contributed by atoms with van der Waals surface area (Å²) in [5, 5.41) is 6.37. The minimum absolute atomic E-state index is 0.506. The van der Waals surface area contributed by atoms with Crippen molar-refractivity contribution in [2.75, 3.05) is 23.7 Å². The van der Waals surface area contributed by atoms with Gasteiger partial charge in [-0.1, -0.05) is 18.2 Å². The summed E-state index contributed by atoms with van der Waals surface area (Å²) < 4.78 is 37.8. The first-order valence-electron chi connectivity index (χ1n) is 7.67. The van der Waals surface area contributed by atoms with E-state index in [0.717, 1.165) is 37.2 Å². The molecule has 0 spiro atoms. The maximum atomic E-state index is 12.6. The van der Waals surface area contributed by atoms with Crippen molar-refractivity contribution in [2.45, 2.75) is 25.9 Å². The van der Waals surface area contributed by atoms with Gasteiger partial charge in [-0.2, -0.15) is 13.2 Å². The first kappa shape index (κ1) is 17.2. The molecule has 2 aromatic carbocycles. The van der Waals surface area contributed by atoms with Crippen LogP contribution in [0.2, 0.25) is 0 Å². The van der Waals surface area contributed by atoms with Crippen molar-refractivity contribution in [1.29, 1.82) is 0 Å². The number of unbranched alkanes of at least 4 members (excludes halogenated alkanes) is 1. The summed E-state index contributed by atoms with van der Waals surface area (Å²) >= 11 is 0. The molecule has 0 saturated carbocycles. The van der Waals surface area contributed by atoms with Gasteiger partial charge in [0.05, 0.1) is 5.56 Å². The van der Waals surface area contributed by atoms with Crippen LogP contribution >= 0.6 is 0 Å². The van der Waals surface area contributed by atoms with Gasteiger partial charge in [-0.15, -0.1) is 0 Å². The standard InChI is InChI=1S/C18H21F3N2/c1-14-6-4-8-16(12-14)22-10-2-3-11-23-17-9-5-7-15(13-17)18(19,20)21/h4-9,12-13,22-23H,2-3,10-11H2,1H3. The van der Waals surface area contributed by atoms with Gasteiger partial charge >= 0.3 is 6.18 Å². The van der Waals surface area contributed by atoms with E-state index in [0.29, 0.717) is 12.2 Å². The first-order valence-corrected chi connectivity index (χ1v) is 7.67. The van der Waals surface area contributed by atoms with Crippen molar-refractivity contribution >= 4 is 11.4 Å². The molecule has 0 aliphatic heterocycles. The molecular weight excluding hydrogens is 301 g/mol. The van der Waals surface area contributed by atoms with Gasteiger partial charge in [0.2, 0.25) is 0 Å². The largest absolute Gasteiger partial charge is 0.416 e. The van der Waals surface area contributed by atoms with Crippen LogP contribution in [0.1, 0.15) is 24.0 Å². The average molecular weight is 322 g/mol. The van der Waals surface area contributed by atoms with Crippen LogP contribution in [-0.2, 0) is 6.18 Å². The highest BCUT2D eigenvalue weighted by Crippen LogP contribution is 2.30. The van der Waals surface area contributed by atoms with Crippen LogP contribution in [0.5, 0.6) is 0 Å². The highest BCUT2D eigenvalue weighted by molar-refractivity contribution is 5.46. The Balaban J connectivity index is 1.68. The fraction of sp³-hybridized carbons (Fsp3) is 0.333. The lowest BCUT2D eigenvalue weighted by atomic mass is 10.2. The second-order valence-corrected chi connectivity index (χ2v) is 5.51. The number of alkyl halides is 3. The normalized spacial score (nSPS) is 11.3. The zero-order chi connectivity index (χ0) is 16.7. The van der Waals surface area contributed by atoms with E-state index in [4.69, 9.17) is 0 Å². The topological polar surface area (TPSA) is 24.1 Å². The van der Waals surface area contributed by atoms with E-state index >= 15 is 0 Å². The van der Waals surface area contributed by atoms with Crippen molar-refractivity contribution in [3.05, 3.63) is 59.7 Å². The third kappa shape index (κ3) is 5.85. The van der Waals surface area contributed by atoms with Crippen molar-refractivity contribution in [3.63, 3.8) is 0 Å². The predicted octanol–water partition coefficient (Wildman–Crippen LogP) is 5.32. The summed E-state index contributed by atoms with van der Waals surface area (Å²) in [5.41, 5.74) is 2.19. The molecule has 2 N–H and O–H groups in total. The lowest BCUT2D eigenvalue weighted by Crippen LogP contribution is -2.08. The molecule has 5 heteroatoms. The molecule has 0 fully saturated rings. The fourth-order valence-corrected chi connectivity index (χ4v) is 2.28. The van der Waals surface area contributed by atoms with Gasteiger partial charge in [0, 0.05) is 24.5 Å². The van der Waals surface area contributed by atoms with Gasteiger partial charge in [0.1, 0.15) is 0 Å². The van der Waals surface area contributed by atoms with E-state index in [9.17, 15) is 13.2 Å². The van der Waals surface area contributed by atoms with E-state index in [1.165, 1.54) is 11.6 Å². The zero-order valence-electron chi connectivity index (χ0n) is 13.1. The molecule has 0 radical (unpaired) electrons. The third-order valence-corrected chi connectivity index (χ3v) is 3.47. The van der Waals surface area contributed by atoms with Crippen molar-refractivity contribution in [1.82, 2.24) is 0 Å². The Bertz CT molecular complexity index is 624. The van der Waals surface area contributed by atoms with E-state index < -0.39 is 11.7 Å². The number of rotatable bonds is 7. The van der Waals surface area contributed by atoms with Crippen LogP contribution in [0.4, 0.5) is 24.5 Å². The first-order chi connectivity index (χ1) is 10.9. The Morgan fingerprint density at radius 1 is 0.826 bits per heavy atom. The second-order valence-electron chi connectivity index (χ2n) is 5.51. The van der Waals surface area contributed by atoms with Crippen molar-refractivity contribution in [2.24, 2.45) is 0 Å². The predicted molar refractivity (Wildman–Crippen MR) is 88.8 cm³/mol. The van der Waals surface area contributed by atoms with E-state index in [2.05, 4.69) is 16.7 Å². The van der Waals surface area contributed by atoms with Crippen LogP contribution in [0.3, 0.4) is 0 Å². The smallest absolute Gasteiger partial charge is 0.385 e. The number of hydrogen-bond acceptors (Lipinski definition) is 2. The Kier molecular flexibility index (Phi) is 5.90. The van der Waals surface area contributed by atoms with E-state index in [-0.39, 0.29) is 0 Å². The van der Waals surface area contributed by atoms with Gasteiger partial charge in [-0.25, -0.2) is 0 Å². The fourth-order valence-electron chi connectivity index (χ4n) is 2.28. The zero-order valence-corrected chi connectivity index (χ0v) is 13.1. The molecule has 0 heterocycles. The van der Waals surface area contributed by atoms with Gasteiger partial charge in [-0.3, -0.25) is 0 Å².